The molecule has 44 valence electrons. The first kappa shape index (κ1) is 12.8. The molecule has 0 spiro atoms. The molecule has 0 saturated carbocycles. The van der Waals surface area contributed by atoms with Gasteiger partial charge in [0, 0.05) is 0 Å². The fourth-order valence-electron chi connectivity index (χ4n) is 0.0434. The first-order chi connectivity index (χ1) is 3.06. The Bertz CT molecular complexity index is 110. The van der Waals surface area contributed by atoms with Crippen molar-refractivity contribution in [3.8, 4) is 0 Å². The summed E-state index contributed by atoms with van der Waals surface area (Å²) in [4.78, 5) is 15.5. The van der Waals surface area contributed by atoms with Crippen molar-refractivity contribution in [2.75, 3.05) is 0 Å². The molecule has 0 aliphatic rings. The van der Waals surface area contributed by atoms with Gasteiger partial charge in [0.1, 0.15) is 0 Å². The van der Waals surface area contributed by atoms with Gasteiger partial charge in [-0.2, -0.15) is 0 Å². The summed E-state index contributed by atoms with van der Waals surface area (Å²) in [7, 11) is -4.44. The van der Waals surface area contributed by atoms with E-state index in [1.807, 2.05) is 0 Å². The van der Waals surface area contributed by atoms with Crippen molar-refractivity contribution in [1.82, 2.24) is 0 Å². The number of hydrogen-bond donors (Lipinski definition) is 2. The van der Waals surface area contributed by atoms with Crippen LogP contribution in [-0.4, -0.2) is 25.8 Å². The Morgan fingerprint density at radius 3 is 2.00 bits per heavy atom. The zero-order valence-electron chi connectivity index (χ0n) is 5.01. The smallest absolute Gasteiger partial charge is 1.00 e. The fraction of sp³-hybridized carbons (Fsp3) is 0. The van der Waals surface area contributed by atoms with Gasteiger partial charge in [0.15, 0.2) is 0 Å². The minimum absolute atomic E-state index is 0. The molecule has 0 aliphatic heterocycles. The average molecular weight is 228 g/mol. The Hall–Kier alpha value is 2.10. The molecule has 2 N–H and O–H groups in total. The van der Waals surface area contributed by atoms with E-state index in [0.717, 1.165) is 0 Å². The van der Waals surface area contributed by atoms with Crippen LogP contribution in [-0.2, 0) is 11.8 Å². The topological polar surface area (TPSA) is 83.8 Å². The fourth-order valence-corrected chi connectivity index (χ4v) is 0.677. The molecule has 0 fully saturated rings. The first-order valence-electron chi connectivity index (χ1n) is 1.13. The monoisotopic (exact) mass is 228 g/mol. The molecular weight excluding hydrogens is 225 g/mol. The van der Waals surface area contributed by atoms with Gasteiger partial charge in [0.2, 0.25) is 0 Å². The van der Waals surface area contributed by atoms with E-state index in [1.54, 1.807) is 0 Å². The van der Waals surface area contributed by atoms with Crippen molar-refractivity contribution < 1.29 is 74.4 Å². The second-order valence-corrected chi connectivity index (χ2v) is 3.13. The predicted molar refractivity (Wildman–Crippen MR) is 20.7 cm³/mol. The maximum Gasteiger partial charge on any atom is 1.00 e. The van der Waals surface area contributed by atoms with E-state index in [4.69, 9.17) is 9.79 Å². The van der Waals surface area contributed by atoms with Gasteiger partial charge < -0.3 is 1.43 Å². The zero-order valence-corrected chi connectivity index (χ0v) is 9.91. The van der Waals surface area contributed by atoms with E-state index in [1.165, 1.54) is 0 Å². The molecule has 8 heavy (non-hydrogen) atoms. The Balaban J connectivity index is -0.000000180. The van der Waals surface area contributed by atoms with Gasteiger partial charge in [0.05, 0.1) is 0 Å². The van der Waals surface area contributed by atoms with Crippen LogP contribution in [0.5, 0.6) is 0 Å². The maximum absolute atomic E-state index is 9.53. The Labute approximate surface area is 96.6 Å². The van der Waals surface area contributed by atoms with Crippen LogP contribution < -0.4 is 51.4 Å². The van der Waals surface area contributed by atoms with Crippen LogP contribution in [0.3, 0.4) is 0 Å². The number of rotatable bonds is 2. The normalized spacial score (nSPS) is 10.8. The third-order valence-corrected chi connectivity index (χ3v) is 2.18. The summed E-state index contributed by atoms with van der Waals surface area (Å²) in [6.07, 6.45) is 0. The van der Waals surface area contributed by atoms with Crippen LogP contribution in [0.15, 0.2) is 0 Å². The van der Waals surface area contributed by atoms with E-state index in [-0.39, 0.29) is 52.8 Å². The van der Waals surface area contributed by atoms with E-state index < -0.39 is 23.9 Å². The molecule has 0 rings (SSSR count). The summed E-state index contributed by atoms with van der Waals surface area (Å²) < 4.78 is 22.3. The van der Waals surface area contributed by atoms with Crippen LogP contribution in [0, 0.1) is 0 Å². The van der Waals surface area contributed by atoms with E-state index in [9.17, 15) is 8.30 Å². The van der Waals surface area contributed by atoms with Gasteiger partial charge in [0.25, 0.3) is 0 Å². The summed E-state index contributed by atoms with van der Waals surface area (Å²) in [5.41, 5.74) is 0. The molecule has 0 heterocycles. The average Bonchev–Trinajstić information content (AvgIpc) is 1.30. The molecule has 0 aromatic carbocycles. The van der Waals surface area contributed by atoms with Crippen molar-refractivity contribution in [3.05, 3.63) is 0 Å². The van der Waals surface area contributed by atoms with Crippen molar-refractivity contribution in [2.24, 2.45) is 0 Å². The van der Waals surface area contributed by atoms with Crippen molar-refractivity contribution in [2.45, 2.75) is 0 Å². The summed E-state index contributed by atoms with van der Waals surface area (Å²) >= 11 is -1.88. The number of hydrogen-bond acceptors (Lipinski definition) is 3. The summed E-state index contributed by atoms with van der Waals surface area (Å²) in [6.45, 7) is 0. The minimum Gasteiger partial charge on any atom is -1.00 e. The van der Waals surface area contributed by atoms with Crippen molar-refractivity contribution in [3.63, 3.8) is 0 Å². The molecule has 0 aromatic rings. The molecule has 0 radical (unpaired) electrons. The second-order valence-electron chi connectivity index (χ2n) is 0.647. The second kappa shape index (κ2) is 5.86. The van der Waals surface area contributed by atoms with Gasteiger partial charge in [-0.25, -0.2) is 0 Å². The Morgan fingerprint density at radius 2 is 2.00 bits per heavy atom. The van der Waals surface area contributed by atoms with Gasteiger partial charge >= 0.3 is 96.8 Å². The SMILES string of the molecule is O=[As]OP(=O)(O)O.[H-].[K+]. The van der Waals surface area contributed by atoms with E-state index in [2.05, 4.69) is 3.51 Å². The summed E-state index contributed by atoms with van der Waals surface area (Å²) in [6, 6.07) is 0. The molecule has 0 bridgehead atoms. The molecule has 5 nitrogen and oxygen atoms in total. The summed E-state index contributed by atoms with van der Waals surface area (Å²) in [5, 5.41) is 0. The first-order valence-corrected chi connectivity index (χ1v) is 4.19. The Morgan fingerprint density at radius 1 is 1.62 bits per heavy atom. The van der Waals surface area contributed by atoms with Gasteiger partial charge in [-0.1, -0.05) is 0 Å². The minimum atomic E-state index is -4.44. The molecule has 0 amide bonds. The van der Waals surface area contributed by atoms with Gasteiger partial charge in [-0.3, -0.25) is 0 Å². The van der Waals surface area contributed by atoms with E-state index in [0.29, 0.717) is 0 Å². The van der Waals surface area contributed by atoms with Crippen molar-refractivity contribution in [1.29, 1.82) is 0 Å². The van der Waals surface area contributed by atoms with Gasteiger partial charge in [-0.15, -0.1) is 0 Å². The maximum atomic E-state index is 9.53. The third-order valence-electron chi connectivity index (χ3n) is 0.140. The van der Waals surface area contributed by atoms with E-state index >= 15 is 0 Å². The van der Waals surface area contributed by atoms with Crippen LogP contribution in [0.2, 0.25) is 0 Å². The molecule has 8 heteroatoms. The Kier molecular flexibility index (Phi) is 9.34. The molecule has 0 aromatic heterocycles. The quantitative estimate of drug-likeness (QED) is 0.373. The van der Waals surface area contributed by atoms with Crippen molar-refractivity contribution >= 4 is 23.9 Å². The largest absolute Gasteiger partial charge is 1.00 e. The third kappa shape index (κ3) is 11.0. The predicted octanol–water partition coefficient (Wildman–Crippen LogP) is -3.82. The van der Waals surface area contributed by atoms with Crippen LogP contribution >= 0.6 is 7.82 Å². The van der Waals surface area contributed by atoms with Crippen LogP contribution in [0.1, 0.15) is 1.43 Å². The summed E-state index contributed by atoms with van der Waals surface area (Å²) in [5.74, 6) is 0. The molecule has 0 atom stereocenters. The van der Waals surface area contributed by atoms with Crippen LogP contribution in [0.25, 0.3) is 0 Å². The zero-order chi connectivity index (χ0) is 5.91. The molecule has 0 unspecified atom stereocenters. The standard InChI is InChI=1S/AsH2O5P.K.H/c2-1-6-7(3,4)5;;/h(H2,3,4,5);;/q;+1;-1. The molecule has 0 aliphatic carbocycles. The molecule has 0 saturated heterocycles. The van der Waals surface area contributed by atoms with Gasteiger partial charge in [-0.05, 0) is 0 Å². The number of phosphoric acid groups is 1. The molecular formula is H3AsKO5P. The van der Waals surface area contributed by atoms with Crippen LogP contribution in [0.4, 0.5) is 0 Å².